The third kappa shape index (κ3) is 6.51. The summed E-state index contributed by atoms with van der Waals surface area (Å²) in [4.78, 5) is 44.9. The van der Waals surface area contributed by atoms with Crippen molar-refractivity contribution in [1.29, 1.82) is 0 Å². The highest BCUT2D eigenvalue weighted by molar-refractivity contribution is 6.39. The average Bonchev–Trinajstić information content (AvgIpc) is 3.18. The first kappa shape index (κ1) is 35.2. The van der Waals surface area contributed by atoms with Gasteiger partial charge in [0.25, 0.3) is 11.8 Å². The monoisotopic (exact) mass is 737 g/mol. The maximum atomic E-state index is 14.4. The van der Waals surface area contributed by atoms with Crippen molar-refractivity contribution in [1.82, 2.24) is 5.32 Å². The van der Waals surface area contributed by atoms with Crippen molar-refractivity contribution in [3.8, 4) is 11.5 Å². The Kier molecular flexibility index (Phi) is 9.46. The summed E-state index contributed by atoms with van der Waals surface area (Å²) in [7, 11) is 1.50. The number of nitrogens with one attached hydrogen (secondary N) is 1. The first-order valence-electron chi connectivity index (χ1n) is 18.2. The van der Waals surface area contributed by atoms with Crippen LogP contribution in [0, 0.1) is 13.8 Å². The molecule has 0 radical (unpaired) electrons. The number of barbiturate groups is 1. The molecular formula is C45H40ClN3O5. The molecule has 272 valence electrons. The first-order chi connectivity index (χ1) is 26.2. The molecule has 3 aliphatic heterocycles. The van der Waals surface area contributed by atoms with Crippen molar-refractivity contribution < 1.29 is 23.9 Å². The number of rotatable bonds is 8. The highest BCUT2D eigenvalue weighted by Gasteiger charge is 2.40. The lowest BCUT2D eigenvalue weighted by Crippen LogP contribution is -2.54. The summed E-state index contributed by atoms with van der Waals surface area (Å²) in [5.74, 6) is -0.703. The molecular weight excluding hydrogens is 698 g/mol. The van der Waals surface area contributed by atoms with E-state index in [0.717, 1.165) is 58.8 Å². The van der Waals surface area contributed by atoms with Crippen molar-refractivity contribution >= 4 is 46.9 Å². The van der Waals surface area contributed by atoms with E-state index >= 15 is 0 Å². The summed E-state index contributed by atoms with van der Waals surface area (Å²) < 4.78 is 11.7. The van der Waals surface area contributed by atoms with Gasteiger partial charge in [-0.25, -0.2) is 9.69 Å². The summed E-state index contributed by atoms with van der Waals surface area (Å²) in [5.41, 5.74) is 9.62. The number of hydrogen-bond acceptors (Lipinski definition) is 6. The zero-order valence-corrected chi connectivity index (χ0v) is 31.2. The third-order valence-corrected chi connectivity index (χ3v) is 11.2. The van der Waals surface area contributed by atoms with Gasteiger partial charge in [0.2, 0.25) is 0 Å². The van der Waals surface area contributed by atoms with Crippen molar-refractivity contribution in [2.75, 3.05) is 30.0 Å². The number of anilines is 2. The van der Waals surface area contributed by atoms with Crippen LogP contribution in [0.25, 0.3) is 6.08 Å². The van der Waals surface area contributed by atoms with Crippen LogP contribution in [0.1, 0.15) is 69.2 Å². The van der Waals surface area contributed by atoms with Gasteiger partial charge in [0, 0.05) is 30.6 Å². The Balaban J connectivity index is 1.18. The minimum Gasteiger partial charge on any atom is -0.493 e. The van der Waals surface area contributed by atoms with Gasteiger partial charge in [0.1, 0.15) is 12.2 Å². The topological polar surface area (TPSA) is 88.2 Å². The lowest BCUT2D eigenvalue weighted by molar-refractivity contribution is -0.122. The molecule has 5 aromatic rings. The second-order valence-electron chi connectivity index (χ2n) is 14.2. The fraction of sp³-hybridized carbons (Fsp3) is 0.222. The zero-order chi connectivity index (χ0) is 37.5. The fourth-order valence-electron chi connectivity index (χ4n) is 8.04. The number of nitrogens with zero attached hydrogens (tertiary/aromatic N) is 2. The number of amides is 4. The number of methoxy groups -OCH3 is 1. The molecule has 1 saturated heterocycles. The molecule has 8 rings (SSSR count). The fourth-order valence-corrected chi connectivity index (χ4v) is 8.31. The second kappa shape index (κ2) is 14.5. The van der Waals surface area contributed by atoms with Crippen LogP contribution in [0.15, 0.2) is 109 Å². The Morgan fingerprint density at radius 1 is 0.796 bits per heavy atom. The van der Waals surface area contributed by atoms with Crippen LogP contribution in [-0.4, -0.2) is 38.0 Å². The van der Waals surface area contributed by atoms with Crippen LogP contribution < -0.4 is 24.6 Å². The molecule has 0 unspecified atom stereocenters. The van der Waals surface area contributed by atoms with Crippen LogP contribution >= 0.6 is 11.6 Å². The van der Waals surface area contributed by atoms with E-state index in [4.69, 9.17) is 21.1 Å². The summed E-state index contributed by atoms with van der Waals surface area (Å²) in [6, 6.07) is 33.2. The Labute approximate surface area is 320 Å². The maximum absolute atomic E-state index is 14.4. The number of halogens is 1. The number of imide groups is 2. The smallest absolute Gasteiger partial charge is 0.335 e. The maximum Gasteiger partial charge on any atom is 0.335 e. The predicted octanol–water partition coefficient (Wildman–Crippen LogP) is 9.09. The third-order valence-electron chi connectivity index (χ3n) is 10.9. The molecule has 1 N–H and O–H groups in total. The Morgan fingerprint density at radius 3 is 2.02 bits per heavy atom. The summed E-state index contributed by atoms with van der Waals surface area (Å²) in [5, 5.41) is 2.66. The number of hydrogen-bond donors (Lipinski definition) is 1. The van der Waals surface area contributed by atoms with Crippen molar-refractivity contribution in [2.45, 2.75) is 45.1 Å². The lowest BCUT2D eigenvalue weighted by atomic mass is 9.76. The number of ether oxygens (including phenoxy) is 2. The van der Waals surface area contributed by atoms with Gasteiger partial charge in [0.05, 0.1) is 17.8 Å². The van der Waals surface area contributed by atoms with E-state index in [1.54, 1.807) is 12.1 Å². The van der Waals surface area contributed by atoms with Gasteiger partial charge in [-0.3, -0.25) is 14.9 Å². The molecule has 8 nitrogen and oxygen atoms in total. The van der Waals surface area contributed by atoms with Gasteiger partial charge in [-0.15, -0.1) is 0 Å². The van der Waals surface area contributed by atoms with E-state index in [-0.39, 0.29) is 29.0 Å². The van der Waals surface area contributed by atoms with Gasteiger partial charge in [-0.2, -0.15) is 0 Å². The number of benzene rings is 5. The SMILES string of the molecule is COc1cc(/C=C2\C(=O)NC(=O)N(c3cc4c5c(c3)[C@H](c3ccccc3)CCN5CC[C@H]4c3ccccc3)C2=O)cc(Cl)c1OCc1ccc(C)c(C)c1. The normalized spacial score (nSPS) is 18.7. The van der Waals surface area contributed by atoms with Crippen molar-refractivity contribution in [3.05, 3.63) is 158 Å². The molecule has 0 bridgehead atoms. The van der Waals surface area contributed by atoms with Gasteiger partial charge in [-0.1, -0.05) is 90.5 Å². The van der Waals surface area contributed by atoms with Crippen molar-refractivity contribution in [3.63, 3.8) is 0 Å². The molecule has 0 aromatic heterocycles. The molecule has 54 heavy (non-hydrogen) atoms. The molecule has 1 fully saturated rings. The minimum atomic E-state index is -0.795. The van der Waals surface area contributed by atoms with E-state index in [9.17, 15) is 14.4 Å². The van der Waals surface area contributed by atoms with Crippen LogP contribution in [0.3, 0.4) is 0 Å². The minimum absolute atomic E-state index is 0.0654. The number of aryl methyl sites for hydroxylation is 2. The molecule has 2 atom stereocenters. The number of carbonyl (C=O) groups excluding carboxylic acids is 3. The average molecular weight is 738 g/mol. The quantitative estimate of drug-likeness (QED) is 0.126. The summed E-state index contributed by atoms with van der Waals surface area (Å²) >= 11 is 6.73. The number of carbonyl (C=O) groups is 3. The van der Waals surface area contributed by atoms with E-state index in [1.807, 2.05) is 67.6 Å². The Bertz CT molecular complexity index is 2250. The summed E-state index contributed by atoms with van der Waals surface area (Å²) in [6.45, 7) is 6.19. The van der Waals surface area contributed by atoms with Crippen LogP contribution in [0.4, 0.5) is 16.2 Å². The Morgan fingerprint density at radius 2 is 1.43 bits per heavy atom. The Hall–Kier alpha value is -5.86. The van der Waals surface area contributed by atoms with Gasteiger partial charge in [-0.05, 0) is 102 Å². The molecule has 0 aliphatic carbocycles. The molecule has 9 heteroatoms. The largest absolute Gasteiger partial charge is 0.493 e. The molecule has 3 aliphatic rings. The highest BCUT2D eigenvalue weighted by Crippen LogP contribution is 2.50. The van der Waals surface area contributed by atoms with Gasteiger partial charge in [0.15, 0.2) is 11.5 Å². The predicted molar refractivity (Wildman–Crippen MR) is 212 cm³/mol. The van der Waals surface area contributed by atoms with Gasteiger partial charge < -0.3 is 14.4 Å². The molecule has 5 aromatic carbocycles. The van der Waals surface area contributed by atoms with Crippen LogP contribution in [0.5, 0.6) is 11.5 Å². The zero-order valence-electron chi connectivity index (χ0n) is 30.4. The van der Waals surface area contributed by atoms with E-state index in [0.29, 0.717) is 22.7 Å². The first-order valence-corrected chi connectivity index (χ1v) is 18.6. The van der Waals surface area contributed by atoms with Crippen molar-refractivity contribution in [2.24, 2.45) is 0 Å². The molecule has 0 spiro atoms. The van der Waals surface area contributed by atoms with E-state index < -0.39 is 17.8 Å². The van der Waals surface area contributed by atoms with Crippen LogP contribution in [0.2, 0.25) is 5.02 Å². The standard InChI is InChI=1S/C45H40ClN3O5/c1-27-14-15-29(20-28(27)2)26-54-42-39(46)22-30(23-40(42)53-3)21-38-43(50)47-45(52)49(44(38)51)33-24-36-34(31-10-6-4-7-11-31)16-18-48-19-17-35(37(25-33)41(36)48)32-12-8-5-9-13-32/h4-15,20-25,34-35H,16-19,26H2,1-3H3,(H,47,50,52)/b38-21+/t34-,35-/m0/s1. The lowest BCUT2D eigenvalue weighted by Gasteiger charge is -2.44. The van der Waals surface area contributed by atoms with E-state index in [1.165, 1.54) is 29.9 Å². The molecule has 0 saturated carbocycles. The second-order valence-corrected chi connectivity index (χ2v) is 14.6. The molecule has 3 heterocycles. The molecule has 4 amide bonds. The van der Waals surface area contributed by atoms with Gasteiger partial charge >= 0.3 is 6.03 Å². The highest BCUT2D eigenvalue weighted by atomic mass is 35.5. The number of urea groups is 1. The summed E-state index contributed by atoms with van der Waals surface area (Å²) in [6.07, 6.45) is 3.22. The van der Waals surface area contributed by atoms with E-state index in [2.05, 4.69) is 47.5 Å². The van der Waals surface area contributed by atoms with Crippen LogP contribution in [-0.2, 0) is 16.2 Å².